The van der Waals surface area contributed by atoms with Gasteiger partial charge in [-0.15, -0.1) is 0 Å². The highest BCUT2D eigenvalue weighted by atomic mass is 32.2. The molecule has 29 heteroatoms. The minimum Gasteiger partial charge on any atom is -0.790 e. The number of hydrogen-bond donors (Lipinski definition) is 5. The second kappa shape index (κ2) is 23.3. The van der Waals surface area contributed by atoms with Crippen LogP contribution < -0.4 is 35.9 Å². The van der Waals surface area contributed by atoms with Gasteiger partial charge in [-0.3, -0.25) is 32.9 Å². The third kappa shape index (κ3) is 13.5. The van der Waals surface area contributed by atoms with Gasteiger partial charge in [-0.2, -0.15) is 0 Å². The van der Waals surface area contributed by atoms with E-state index < -0.39 is 84.6 Å². The van der Waals surface area contributed by atoms with E-state index in [0.29, 0.717) is 47.5 Å². The summed E-state index contributed by atoms with van der Waals surface area (Å²) in [5, 5.41) is 26.7. The number of nitrogens with zero attached hydrogens (tertiary/aromatic N) is 4. The van der Waals surface area contributed by atoms with Crippen LogP contribution in [0.3, 0.4) is 0 Å². The summed E-state index contributed by atoms with van der Waals surface area (Å²) in [5.41, 5.74) is 4.64. The number of ketones is 1. The first-order valence-electron chi connectivity index (χ1n) is 25.0. The summed E-state index contributed by atoms with van der Waals surface area (Å²) >= 11 is 1.17. The number of nitrogen functional groups attached to an aromatic ring is 1. The molecule has 3 heterocycles. The number of aromatic nitrogens is 4. The normalized spacial score (nSPS) is 32.6. The Morgan fingerprint density at radius 2 is 1.69 bits per heavy atom. The number of phosphoric acid groups is 3. The lowest BCUT2D eigenvalue weighted by Gasteiger charge is -2.60. The van der Waals surface area contributed by atoms with Gasteiger partial charge in [-0.1, -0.05) is 46.4 Å². The molecule has 25 nitrogen and oxygen atoms in total. The van der Waals surface area contributed by atoms with Gasteiger partial charge in [-0.05, 0) is 97.7 Å². The van der Waals surface area contributed by atoms with Gasteiger partial charge >= 0.3 is 0 Å². The van der Waals surface area contributed by atoms with Crippen molar-refractivity contribution < 1.29 is 85.3 Å². The third-order valence-corrected chi connectivity index (χ3v) is 20.7. The second-order valence-electron chi connectivity index (χ2n) is 21.8. The van der Waals surface area contributed by atoms with Crippen molar-refractivity contribution in [2.45, 2.75) is 142 Å². The first-order valence-corrected chi connectivity index (χ1v) is 30.4. The number of anilines is 1. The van der Waals surface area contributed by atoms with E-state index in [2.05, 4.69) is 64.2 Å². The van der Waals surface area contributed by atoms with Crippen molar-refractivity contribution in [2.24, 2.45) is 51.8 Å². The van der Waals surface area contributed by atoms with Crippen molar-refractivity contribution in [2.75, 3.05) is 37.8 Å². The molecule has 0 bridgehead atoms. The lowest BCUT2D eigenvalue weighted by atomic mass is 9.44. The molecule has 2 amide bonds. The number of amides is 2. The highest BCUT2D eigenvalue weighted by Gasteiger charge is 2.60. The molecule has 2 aromatic heterocycles. The van der Waals surface area contributed by atoms with Crippen LogP contribution in [0.5, 0.6) is 0 Å². The Morgan fingerprint density at radius 1 is 0.973 bits per heavy atom. The molecule has 416 valence electrons. The minimum absolute atomic E-state index is 0.0202. The Balaban J connectivity index is 0.774. The smallest absolute Gasteiger partial charge is 0.274 e. The number of hydrogen-bond acceptors (Lipinski definition) is 23. The van der Waals surface area contributed by atoms with Crippen LogP contribution in [0.15, 0.2) is 12.7 Å². The molecule has 5 fully saturated rings. The van der Waals surface area contributed by atoms with E-state index in [1.807, 2.05) is 0 Å². The van der Waals surface area contributed by atoms with Crippen LogP contribution in [-0.4, -0.2) is 109 Å². The molecule has 15 atom stereocenters. The molecule has 1 aliphatic heterocycles. The maximum absolute atomic E-state index is 12.9. The van der Waals surface area contributed by atoms with Crippen molar-refractivity contribution in [3.63, 3.8) is 0 Å². The summed E-state index contributed by atoms with van der Waals surface area (Å²) in [6.45, 7) is 7.42. The number of thioether (sulfide) groups is 1. The zero-order valence-electron chi connectivity index (χ0n) is 42.1. The Kier molecular flexibility index (Phi) is 18.5. The highest BCUT2D eigenvalue weighted by molar-refractivity contribution is 8.13. The van der Waals surface area contributed by atoms with Crippen LogP contribution in [-0.2, 0) is 55.5 Å². The van der Waals surface area contributed by atoms with Crippen molar-refractivity contribution in [1.29, 1.82) is 0 Å². The quantitative estimate of drug-likeness (QED) is 0.0782. The number of aliphatic hydroxyl groups is 2. The highest BCUT2D eigenvalue weighted by Crippen LogP contribution is 2.68. The number of carbonyl (C=O) groups is 4. The van der Waals surface area contributed by atoms with E-state index >= 15 is 0 Å². The van der Waals surface area contributed by atoms with Gasteiger partial charge in [0.2, 0.25) is 11.8 Å². The molecule has 2 aromatic rings. The fourth-order valence-electron chi connectivity index (χ4n) is 12.9. The largest absolute Gasteiger partial charge is 0.790 e. The molecule has 74 heavy (non-hydrogen) atoms. The predicted octanol–water partition coefficient (Wildman–Crippen LogP) is 1.78. The molecule has 5 aliphatic rings. The van der Waals surface area contributed by atoms with Gasteiger partial charge in [0.1, 0.15) is 42.0 Å². The van der Waals surface area contributed by atoms with E-state index in [9.17, 15) is 62.7 Å². The summed E-state index contributed by atoms with van der Waals surface area (Å²) < 4.78 is 61.1. The minimum atomic E-state index is -5.93. The molecule has 9 unspecified atom stereocenters. The van der Waals surface area contributed by atoms with E-state index in [4.69, 9.17) is 10.5 Å². The predicted molar refractivity (Wildman–Crippen MR) is 257 cm³/mol. The number of nitrogens with two attached hydrogens (primary N) is 1. The number of imidazole rings is 1. The van der Waals surface area contributed by atoms with Gasteiger partial charge in [0.15, 0.2) is 22.8 Å². The molecule has 1 saturated heterocycles. The van der Waals surface area contributed by atoms with Crippen molar-refractivity contribution in [3.8, 4) is 0 Å². The number of aliphatic hydroxyl groups excluding tert-OH is 2. The standard InChI is InChI=1S/C45H72N7O18P3S/c1-25(29-9-10-30-28-8-7-26-20-27(53)12-15-44(26,4)31(28)13-16-45(29,30)5)6-11-34(55)74-19-18-47-33(54)14-17-48-41(58)38(57)43(2,3)22-67-73(64,65)70-72(62,63)66-21-32-37(69-71(59,60)61)36(56)42(68-32)52-24-51-35-39(46)49-23-50-40(35)52/h23-26,28-32,36-38,42,56-57H,6-22H2,1-5H3,(H,47,54)(H,48,58)(H,62,63)(H,64,65)(H2,46,49,50)(H2,59,60,61)/p-4/t25-,26?,28?,29?,30?,31?,32-,36-,37-,38+,42-,44?,45?/m1/s1. The number of rotatable bonds is 23. The van der Waals surface area contributed by atoms with Gasteiger partial charge in [-0.25, -0.2) is 19.3 Å². The average molecular weight is 1120 g/mol. The first kappa shape index (κ1) is 58.9. The average Bonchev–Trinajstić information content (AvgIpc) is 4.00. The number of carbonyl (C=O) groups excluding carboxylic acids is 4. The van der Waals surface area contributed by atoms with Crippen LogP contribution in [0.25, 0.3) is 11.2 Å². The molecular formula is C45H68N7O18P3S-4. The zero-order chi connectivity index (χ0) is 54.2. The summed E-state index contributed by atoms with van der Waals surface area (Å²) in [6, 6.07) is 0. The number of phosphoric ester groups is 3. The maximum atomic E-state index is 12.9. The molecule has 4 saturated carbocycles. The number of ether oxygens (including phenoxy) is 1. The molecule has 0 aromatic carbocycles. The monoisotopic (exact) mass is 1120 g/mol. The number of fused-ring (bicyclic) bond motifs is 6. The lowest BCUT2D eigenvalue weighted by Crippen LogP contribution is -2.53. The molecular weight excluding hydrogens is 1050 g/mol. The SMILES string of the molecule is C[C@H](CCC(=O)SCCNC(=O)CCNC(=O)[C@H](O)C(C)(C)COP(=O)([O-])OP(=O)([O-])OC[C@H]1O[C@@H](n2cnc3c(N)ncnc32)[C@H](O)[C@@H]1OP(=O)([O-])[O-])C1CCC2C3CCC4CC(=O)CCC4(C)C3CCC21C. The van der Waals surface area contributed by atoms with Gasteiger partial charge < -0.3 is 69.0 Å². The fraction of sp³-hybridized carbons (Fsp3) is 0.800. The Bertz CT molecular complexity index is 2540. The summed E-state index contributed by atoms with van der Waals surface area (Å²) in [5.74, 6) is 2.92. The summed E-state index contributed by atoms with van der Waals surface area (Å²) in [7, 11) is -17.6. The van der Waals surface area contributed by atoms with E-state index in [1.165, 1.54) is 64.1 Å². The zero-order valence-corrected chi connectivity index (χ0v) is 45.6. The van der Waals surface area contributed by atoms with Gasteiger partial charge in [0.05, 0.1) is 27.4 Å². The fourth-order valence-corrected chi connectivity index (χ4v) is 16.3. The Labute approximate surface area is 433 Å². The van der Waals surface area contributed by atoms with Crippen LogP contribution in [0.2, 0.25) is 0 Å². The van der Waals surface area contributed by atoms with E-state index in [-0.39, 0.29) is 52.4 Å². The van der Waals surface area contributed by atoms with Gasteiger partial charge in [0.25, 0.3) is 15.6 Å². The van der Waals surface area contributed by atoms with Crippen LogP contribution in [0, 0.1) is 51.8 Å². The molecule has 4 aliphatic carbocycles. The van der Waals surface area contributed by atoms with Crippen LogP contribution >= 0.6 is 35.2 Å². The van der Waals surface area contributed by atoms with E-state index in [0.717, 1.165) is 48.8 Å². The van der Waals surface area contributed by atoms with Crippen molar-refractivity contribution in [1.82, 2.24) is 30.2 Å². The van der Waals surface area contributed by atoms with Crippen LogP contribution in [0.4, 0.5) is 5.82 Å². The topological polar surface area (TPSA) is 392 Å². The molecule has 0 radical (unpaired) electrons. The first-order chi connectivity index (χ1) is 34.5. The maximum Gasteiger partial charge on any atom is 0.274 e. The third-order valence-electron chi connectivity index (χ3n) is 16.8. The second-order valence-corrected chi connectivity index (χ2v) is 27.1. The number of Topliss-reactive ketones (excluding diaryl/α,β-unsaturated/α-hetero) is 1. The van der Waals surface area contributed by atoms with Crippen LogP contribution in [0.1, 0.15) is 118 Å². The molecule has 7 rings (SSSR count). The Hall–Kier alpha value is -2.77. The summed E-state index contributed by atoms with van der Waals surface area (Å²) in [4.78, 5) is 111. The summed E-state index contributed by atoms with van der Waals surface area (Å²) in [6.07, 6.45) is 3.47. The molecule has 6 N–H and O–H groups in total. The lowest BCUT2D eigenvalue weighted by molar-refractivity contribution is -0.347. The van der Waals surface area contributed by atoms with Gasteiger partial charge in [0, 0.05) is 49.9 Å². The van der Waals surface area contributed by atoms with Crippen molar-refractivity contribution in [3.05, 3.63) is 12.7 Å². The van der Waals surface area contributed by atoms with Crippen molar-refractivity contribution >= 4 is 74.9 Å². The molecule has 0 spiro atoms. The van der Waals surface area contributed by atoms with E-state index in [1.54, 1.807) is 0 Å². The Morgan fingerprint density at radius 3 is 2.42 bits per heavy atom. The number of nitrogens with one attached hydrogen (secondary N) is 2.